The summed E-state index contributed by atoms with van der Waals surface area (Å²) in [6.45, 7) is 0.0122. The lowest BCUT2D eigenvalue weighted by Crippen LogP contribution is -2.33. The lowest BCUT2D eigenvalue weighted by atomic mass is 10.1. The van der Waals surface area contributed by atoms with E-state index in [0.717, 1.165) is 5.56 Å². The van der Waals surface area contributed by atoms with Gasteiger partial charge in [0.1, 0.15) is 0 Å². The summed E-state index contributed by atoms with van der Waals surface area (Å²) in [6.07, 6.45) is 0.533. The molecule has 2 aromatic heterocycles. The van der Waals surface area contributed by atoms with Crippen molar-refractivity contribution in [2.75, 3.05) is 0 Å². The number of benzene rings is 2. The maximum absolute atomic E-state index is 12.5. The van der Waals surface area contributed by atoms with E-state index in [1.165, 1.54) is 4.57 Å². The van der Waals surface area contributed by atoms with Crippen molar-refractivity contribution in [3.63, 3.8) is 0 Å². The molecule has 140 valence electrons. The van der Waals surface area contributed by atoms with E-state index in [1.807, 2.05) is 36.4 Å². The van der Waals surface area contributed by atoms with E-state index in [1.54, 1.807) is 25.2 Å². The van der Waals surface area contributed by atoms with Crippen LogP contribution in [0.1, 0.15) is 27.8 Å². The molecule has 8 heteroatoms. The number of amides is 1. The Kier molecular flexibility index (Phi) is 4.67. The topological polar surface area (TPSA) is 103 Å². The summed E-state index contributed by atoms with van der Waals surface area (Å²) < 4.78 is 6.57. The van der Waals surface area contributed by atoms with Gasteiger partial charge in [-0.1, -0.05) is 47.6 Å². The van der Waals surface area contributed by atoms with Crippen LogP contribution in [-0.4, -0.2) is 25.6 Å². The lowest BCUT2D eigenvalue weighted by Gasteiger charge is -2.07. The molecule has 0 aliphatic heterocycles. The molecule has 0 radical (unpaired) electrons. The average Bonchev–Trinajstić information content (AvgIpc) is 3.17. The molecule has 2 heterocycles. The van der Waals surface area contributed by atoms with Crippen molar-refractivity contribution >= 4 is 16.9 Å². The van der Waals surface area contributed by atoms with Crippen molar-refractivity contribution in [3.05, 3.63) is 87.9 Å². The quantitative estimate of drug-likeness (QED) is 0.571. The highest BCUT2D eigenvalue weighted by Gasteiger charge is 2.17. The predicted octanol–water partition coefficient (Wildman–Crippen LogP) is 1.84. The molecule has 4 rings (SSSR count). The van der Waals surface area contributed by atoms with Crippen LogP contribution in [0.5, 0.6) is 0 Å². The van der Waals surface area contributed by atoms with Gasteiger partial charge in [-0.15, -0.1) is 0 Å². The van der Waals surface area contributed by atoms with Crippen LogP contribution >= 0.6 is 0 Å². The number of carbonyl (C=O) groups is 1. The van der Waals surface area contributed by atoms with Gasteiger partial charge in [0.25, 0.3) is 11.5 Å². The van der Waals surface area contributed by atoms with Gasteiger partial charge in [0.2, 0.25) is 5.89 Å². The fraction of sp³-hybridized carbons (Fsp3) is 0.150. The average molecular weight is 375 g/mol. The molecular formula is C20H17N5O3. The highest BCUT2D eigenvalue weighted by Crippen LogP contribution is 2.09. The zero-order valence-corrected chi connectivity index (χ0v) is 15.1. The Morgan fingerprint density at radius 3 is 2.64 bits per heavy atom. The van der Waals surface area contributed by atoms with Crippen LogP contribution in [0, 0.1) is 0 Å². The Morgan fingerprint density at radius 1 is 1.07 bits per heavy atom. The normalized spacial score (nSPS) is 10.9. The number of carbonyl (C=O) groups excluding carboxylic acids is 1. The fourth-order valence-corrected chi connectivity index (χ4v) is 2.88. The first kappa shape index (κ1) is 17.6. The van der Waals surface area contributed by atoms with Crippen LogP contribution in [0.3, 0.4) is 0 Å². The van der Waals surface area contributed by atoms with E-state index < -0.39 is 11.5 Å². The van der Waals surface area contributed by atoms with E-state index in [4.69, 9.17) is 4.52 Å². The summed E-state index contributed by atoms with van der Waals surface area (Å²) in [5.74, 6) is 0.196. The number of nitrogens with zero attached hydrogens (tertiary/aromatic N) is 4. The van der Waals surface area contributed by atoms with Gasteiger partial charge >= 0.3 is 0 Å². The van der Waals surface area contributed by atoms with Crippen LogP contribution in [-0.2, 0) is 20.0 Å². The third kappa shape index (κ3) is 3.52. The number of hydrogen-bond donors (Lipinski definition) is 1. The summed E-state index contributed by atoms with van der Waals surface area (Å²) in [7, 11) is 1.61. The third-order valence-electron chi connectivity index (χ3n) is 4.31. The molecule has 1 N–H and O–H groups in total. The summed E-state index contributed by atoms with van der Waals surface area (Å²) in [6, 6.07) is 16.9. The fourth-order valence-electron chi connectivity index (χ4n) is 2.88. The molecular weight excluding hydrogens is 358 g/mol. The van der Waals surface area contributed by atoms with E-state index in [-0.39, 0.29) is 18.1 Å². The minimum Gasteiger partial charge on any atom is -0.341 e. The molecule has 0 fully saturated rings. The minimum absolute atomic E-state index is 0.0122. The van der Waals surface area contributed by atoms with Gasteiger partial charge in [-0.3, -0.25) is 9.59 Å². The van der Waals surface area contributed by atoms with E-state index in [2.05, 4.69) is 20.4 Å². The van der Waals surface area contributed by atoms with Gasteiger partial charge < -0.3 is 14.4 Å². The molecule has 8 nitrogen and oxygen atoms in total. The number of para-hydroxylation sites is 2. The summed E-state index contributed by atoms with van der Waals surface area (Å²) in [4.78, 5) is 33.3. The zero-order valence-electron chi connectivity index (χ0n) is 15.1. The van der Waals surface area contributed by atoms with Gasteiger partial charge in [0.05, 0.1) is 17.6 Å². The second-order valence-electron chi connectivity index (χ2n) is 6.26. The van der Waals surface area contributed by atoms with Gasteiger partial charge in [-0.2, -0.15) is 4.98 Å². The SMILES string of the molecule is Cn1c(=O)c(C(=O)NCc2nc(Cc3ccccc3)no2)nc2ccccc21. The monoisotopic (exact) mass is 375 g/mol. The van der Waals surface area contributed by atoms with Crippen LogP contribution in [0.2, 0.25) is 0 Å². The molecule has 0 aliphatic carbocycles. The number of aromatic nitrogens is 4. The summed E-state index contributed by atoms with van der Waals surface area (Å²) >= 11 is 0. The third-order valence-corrected chi connectivity index (χ3v) is 4.31. The molecule has 0 unspecified atom stereocenters. The Labute approximate surface area is 159 Å². The van der Waals surface area contributed by atoms with Crippen molar-refractivity contribution < 1.29 is 9.32 Å². The van der Waals surface area contributed by atoms with Gasteiger partial charge in [-0.05, 0) is 17.7 Å². The van der Waals surface area contributed by atoms with Gasteiger partial charge in [0, 0.05) is 13.5 Å². The molecule has 1 amide bonds. The van der Waals surface area contributed by atoms with Crippen LogP contribution in [0.4, 0.5) is 0 Å². The maximum atomic E-state index is 12.5. The Morgan fingerprint density at radius 2 is 1.82 bits per heavy atom. The van der Waals surface area contributed by atoms with Gasteiger partial charge in [-0.25, -0.2) is 4.98 Å². The zero-order chi connectivity index (χ0) is 19.5. The number of hydrogen-bond acceptors (Lipinski definition) is 6. The van der Waals surface area contributed by atoms with Crippen molar-refractivity contribution in [2.45, 2.75) is 13.0 Å². The van der Waals surface area contributed by atoms with Crippen LogP contribution in [0.15, 0.2) is 63.9 Å². The number of nitrogens with one attached hydrogen (secondary N) is 1. The molecule has 4 aromatic rings. The second kappa shape index (κ2) is 7.43. The Bertz CT molecular complexity index is 1200. The van der Waals surface area contributed by atoms with Gasteiger partial charge in [0.15, 0.2) is 11.5 Å². The summed E-state index contributed by atoms with van der Waals surface area (Å²) in [5, 5.41) is 6.53. The first-order valence-corrected chi connectivity index (χ1v) is 8.71. The summed E-state index contributed by atoms with van der Waals surface area (Å²) in [5.41, 5.74) is 1.64. The highest BCUT2D eigenvalue weighted by molar-refractivity contribution is 5.93. The predicted molar refractivity (Wildman–Crippen MR) is 102 cm³/mol. The van der Waals surface area contributed by atoms with Crippen molar-refractivity contribution in [2.24, 2.45) is 7.05 Å². The Balaban J connectivity index is 1.47. The molecule has 0 saturated heterocycles. The number of rotatable bonds is 5. The molecule has 0 bridgehead atoms. The lowest BCUT2D eigenvalue weighted by molar-refractivity contribution is 0.0939. The molecule has 28 heavy (non-hydrogen) atoms. The van der Waals surface area contributed by atoms with E-state index in [9.17, 15) is 9.59 Å². The molecule has 0 atom stereocenters. The molecule has 0 spiro atoms. The van der Waals surface area contributed by atoms with Crippen LogP contribution in [0.25, 0.3) is 11.0 Å². The minimum atomic E-state index is -0.589. The highest BCUT2D eigenvalue weighted by atomic mass is 16.5. The van der Waals surface area contributed by atoms with E-state index >= 15 is 0 Å². The van der Waals surface area contributed by atoms with Crippen LogP contribution < -0.4 is 10.9 Å². The second-order valence-corrected chi connectivity index (χ2v) is 6.26. The van der Waals surface area contributed by atoms with E-state index in [0.29, 0.717) is 23.3 Å². The maximum Gasteiger partial charge on any atom is 0.282 e. The van der Waals surface area contributed by atoms with Crippen molar-refractivity contribution in [3.8, 4) is 0 Å². The number of fused-ring (bicyclic) bond motifs is 1. The van der Waals surface area contributed by atoms with Crippen molar-refractivity contribution in [1.29, 1.82) is 0 Å². The number of aryl methyl sites for hydroxylation is 1. The standard InChI is InChI=1S/C20H17N5O3/c1-25-15-10-6-5-9-14(15)22-18(20(25)27)19(26)21-12-17-23-16(24-28-17)11-13-7-3-2-4-8-13/h2-10H,11-12H2,1H3,(H,21,26). The Hall–Kier alpha value is -3.81. The smallest absolute Gasteiger partial charge is 0.282 e. The molecule has 0 saturated carbocycles. The molecule has 2 aromatic carbocycles. The van der Waals surface area contributed by atoms with Crippen molar-refractivity contribution in [1.82, 2.24) is 25.0 Å². The largest absolute Gasteiger partial charge is 0.341 e. The molecule has 0 aliphatic rings. The first-order valence-electron chi connectivity index (χ1n) is 8.71. The first-order chi connectivity index (χ1) is 13.6.